The molecule has 0 saturated heterocycles. The van der Waals surface area contributed by atoms with Crippen LogP contribution in [-0.2, 0) is 0 Å². The van der Waals surface area contributed by atoms with Gasteiger partial charge < -0.3 is 0 Å². The Balaban J connectivity index is 4.13. The first-order valence-corrected chi connectivity index (χ1v) is 5.85. The fraction of sp³-hybridized carbons (Fsp3) is 0.714. The van der Waals surface area contributed by atoms with Crippen LogP contribution in [0.3, 0.4) is 0 Å². The molecular weight excluding hydrogens is 187 g/mol. The Bertz CT molecular complexity index is 205. The molecule has 0 aliphatic rings. The first-order valence-electron chi connectivity index (χ1n) is 5.85. The van der Waals surface area contributed by atoms with Crippen LogP contribution in [0, 0.1) is 17.8 Å². The second-order valence-electron chi connectivity index (χ2n) is 4.92. The first kappa shape index (κ1) is 14.4. The van der Waals surface area contributed by atoms with E-state index in [2.05, 4.69) is 33.9 Å². The minimum atomic E-state index is -0.959. The lowest BCUT2D eigenvalue weighted by Crippen LogP contribution is -2.16. The van der Waals surface area contributed by atoms with E-state index in [0.29, 0.717) is 11.8 Å². The molecule has 0 radical (unpaired) electrons. The molecule has 0 spiro atoms. The van der Waals surface area contributed by atoms with Crippen LogP contribution in [-0.4, -0.2) is 6.17 Å². The summed E-state index contributed by atoms with van der Waals surface area (Å²) in [5.74, 6) is 1.00. The summed E-state index contributed by atoms with van der Waals surface area (Å²) in [6.07, 6.45) is 2.69. The van der Waals surface area contributed by atoms with Crippen molar-refractivity contribution in [2.45, 2.75) is 46.7 Å². The van der Waals surface area contributed by atoms with E-state index in [9.17, 15) is 4.39 Å². The molecule has 0 aromatic heterocycles. The van der Waals surface area contributed by atoms with Crippen LogP contribution in [0.1, 0.15) is 40.5 Å². The summed E-state index contributed by atoms with van der Waals surface area (Å²) >= 11 is 0. The van der Waals surface area contributed by atoms with E-state index in [1.165, 1.54) is 12.5 Å². The Kier molecular flexibility index (Phi) is 6.55. The Hall–Kier alpha value is -0.590. The number of halogens is 1. The van der Waals surface area contributed by atoms with Crippen molar-refractivity contribution in [3.05, 3.63) is 24.8 Å². The summed E-state index contributed by atoms with van der Waals surface area (Å²) in [6, 6.07) is 0. The van der Waals surface area contributed by atoms with Gasteiger partial charge in [-0.1, -0.05) is 52.3 Å². The predicted molar refractivity (Wildman–Crippen MR) is 66.6 cm³/mol. The summed E-state index contributed by atoms with van der Waals surface area (Å²) in [5, 5.41) is 0. The molecule has 3 unspecified atom stereocenters. The second kappa shape index (κ2) is 6.81. The van der Waals surface area contributed by atoms with Crippen LogP contribution in [0.2, 0.25) is 0 Å². The van der Waals surface area contributed by atoms with E-state index < -0.39 is 6.17 Å². The van der Waals surface area contributed by atoms with Gasteiger partial charge in [0.2, 0.25) is 0 Å². The van der Waals surface area contributed by atoms with E-state index in [-0.39, 0.29) is 5.92 Å². The third-order valence-electron chi connectivity index (χ3n) is 3.10. The van der Waals surface area contributed by atoms with Crippen LogP contribution in [0.4, 0.5) is 4.39 Å². The summed E-state index contributed by atoms with van der Waals surface area (Å²) in [7, 11) is 0. The fourth-order valence-electron chi connectivity index (χ4n) is 1.63. The maximum absolute atomic E-state index is 13.4. The van der Waals surface area contributed by atoms with Crippen LogP contribution < -0.4 is 0 Å². The number of hydrogen-bond acceptors (Lipinski definition) is 0. The molecule has 0 aliphatic heterocycles. The maximum Gasteiger partial charge on any atom is 0.124 e. The van der Waals surface area contributed by atoms with Crippen molar-refractivity contribution < 1.29 is 4.39 Å². The SMILES string of the molecule is C=CC(F)C(C)C(=C)C(C)CCC(C)C. The molecule has 3 atom stereocenters. The minimum absolute atomic E-state index is 0.107. The monoisotopic (exact) mass is 212 g/mol. The first-order chi connectivity index (χ1) is 6.90. The molecule has 1 heteroatoms. The van der Waals surface area contributed by atoms with Gasteiger partial charge in [-0.3, -0.25) is 0 Å². The zero-order chi connectivity index (χ0) is 12.0. The smallest absolute Gasteiger partial charge is 0.124 e. The molecule has 0 aromatic rings. The number of alkyl halides is 1. The van der Waals surface area contributed by atoms with Crippen molar-refractivity contribution >= 4 is 0 Å². The molecule has 0 aliphatic carbocycles. The predicted octanol–water partition coefficient (Wildman–Crippen LogP) is 4.78. The highest BCUT2D eigenvalue weighted by Gasteiger charge is 2.20. The molecule has 0 bridgehead atoms. The summed E-state index contributed by atoms with van der Waals surface area (Å²) < 4.78 is 13.4. The molecule has 0 rings (SSSR count). The lowest BCUT2D eigenvalue weighted by Gasteiger charge is -2.23. The number of rotatable bonds is 7. The van der Waals surface area contributed by atoms with Gasteiger partial charge in [-0.05, 0) is 18.3 Å². The van der Waals surface area contributed by atoms with Crippen molar-refractivity contribution in [1.82, 2.24) is 0 Å². The Morgan fingerprint density at radius 2 is 1.73 bits per heavy atom. The highest BCUT2D eigenvalue weighted by Crippen LogP contribution is 2.27. The lowest BCUT2D eigenvalue weighted by atomic mass is 9.84. The summed E-state index contributed by atoms with van der Waals surface area (Å²) in [4.78, 5) is 0. The van der Waals surface area contributed by atoms with E-state index in [1.54, 1.807) is 0 Å². The molecule has 88 valence electrons. The van der Waals surface area contributed by atoms with Crippen LogP contribution in [0.15, 0.2) is 24.8 Å². The van der Waals surface area contributed by atoms with Gasteiger partial charge in [0.1, 0.15) is 6.17 Å². The largest absolute Gasteiger partial charge is 0.242 e. The van der Waals surface area contributed by atoms with Gasteiger partial charge >= 0.3 is 0 Å². The third kappa shape index (κ3) is 5.15. The van der Waals surface area contributed by atoms with Gasteiger partial charge in [-0.25, -0.2) is 4.39 Å². The van der Waals surface area contributed by atoms with Crippen LogP contribution in [0.25, 0.3) is 0 Å². The topological polar surface area (TPSA) is 0 Å². The molecule has 0 heterocycles. The Morgan fingerprint density at radius 3 is 2.13 bits per heavy atom. The van der Waals surface area contributed by atoms with Gasteiger partial charge in [0.25, 0.3) is 0 Å². The molecule has 0 fully saturated rings. The van der Waals surface area contributed by atoms with E-state index in [0.717, 1.165) is 12.0 Å². The zero-order valence-corrected chi connectivity index (χ0v) is 10.6. The quantitative estimate of drug-likeness (QED) is 0.533. The average molecular weight is 212 g/mol. The van der Waals surface area contributed by atoms with Crippen LogP contribution in [0.5, 0.6) is 0 Å². The van der Waals surface area contributed by atoms with E-state index >= 15 is 0 Å². The minimum Gasteiger partial charge on any atom is -0.242 e. The molecule has 0 amide bonds. The van der Waals surface area contributed by atoms with E-state index in [4.69, 9.17) is 0 Å². The normalized spacial score (nSPS) is 17.2. The van der Waals surface area contributed by atoms with Gasteiger partial charge in [-0.2, -0.15) is 0 Å². The van der Waals surface area contributed by atoms with Crippen molar-refractivity contribution in [2.75, 3.05) is 0 Å². The second-order valence-corrected chi connectivity index (χ2v) is 4.92. The highest BCUT2D eigenvalue weighted by atomic mass is 19.1. The fourth-order valence-corrected chi connectivity index (χ4v) is 1.63. The Morgan fingerprint density at radius 1 is 1.20 bits per heavy atom. The standard InChI is InChI=1S/C14H25F/c1-7-14(15)13(6)12(5)11(4)9-8-10(2)3/h7,10-11,13-14H,1,5,8-9H2,2-4,6H3. The van der Waals surface area contributed by atoms with Gasteiger partial charge in [0, 0.05) is 5.92 Å². The van der Waals surface area contributed by atoms with Gasteiger partial charge in [-0.15, -0.1) is 6.58 Å². The van der Waals surface area contributed by atoms with Crippen molar-refractivity contribution in [1.29, 1.82) is 0 Å². The molecule has 0 aromatic carbocycles. The molecule has 0 nitrogen and oxygen atoms in total. The van der Waals surface area contributed by atoms with Gasteiger partial charge in [0.15, 0.2) is 0 Å². The maximum atomic E-state index is 13.4. The molecule has 15 heavy (non-hydrogen) atoms. The average Bonchev–Trinajstić information content (AvgIpc) is 2.22. The van der Waals surface area contributed by atoms with Crippen LogP contribution >= 0.6 is 0 Å². The van der Waals surface area contributed by atoms with Gasteiger partial charge in [0.05, 0.1) is 0 Å². The van der Waals surface area contributed by atoms with Crippen molar-refractivity contribution in [2.24, 2.45) is 17.8 Å². The third-order valence-corrected chi connectivity index (χ3v) is 3.10. The molecule has 0 N–H and O–H groups in total. The van der Waals surface area contributed by atoms with E-state index in [1.807, 2.05) is 6.92 Å². The zero-order valence-electron chi connectivity index (χ0n) is 10.6. The Labute approximate surface area is 94.3 Å². The number of hydrogen-bond donors (Lipinski definition) is 0. The van der Waals surface area contributed by atoms with Crippen molar-refractivity contribution in [3.8, 4) is 0 Å². The molecule has 0 saturated carbocycles. The van der Waals surface area contributed by atoms with Crippen molar-refractivity contribution in [3.63, 3.8) is 0 Å². The summed E-state index contributed by atoms with van der Waals surface area (Å²) in [6.45, 7) is 15.9. The highest BCUT2D eigenvalue weighted by molar-refractivity contribution is 5.08. The molecular formula is C14H25F. The summed E-state index contributed by atoms with van der Waals surface area (Å²) in [5.41, 5.74) is 1.02. The lowest BCUT2D eigenvalue weighted by molar-refractivity contribution is 0.308. The number of allylic oxidation sites excluding steroid dienone is 2.